The molecule has 3 atom stereocenters. The van der Waals surface area contributed by atoms with E-state index in [1.54, 1.807) is 0 Å². The minimum Gasteiger partial charge on any atom is -0.383 e. The van der Waals surface area contributed by atoms with Crippen molar-refractivity contribution >= 4 is 17.6 Å². The molecule has 3 aliphatic carbocycles. The van der Waals surface area contributed by atoms with Crippen LogP contribution in [0.2, 0.25) is 0 Å². The Balaban J connectivity index is 0.935. The van der Waals surface area contributed by atoms with Crippen LogP contribution in [0.15, 0.2) is 6.07 Å². The van der Waals surface area contributed by atoms with Crippen molar-refractivity contribution in [3.05, 3.63) is 6.07 Å². The quantitative estimate of drug-likeness (QED) is 0.249. The largest absolute Gasteiger partial charge is 0.383 e. The Morgan fingerprint density at radius 1 is 0.949 bits per heavy atom. The van der Waals surface area contributed by atoms with E-state index in [0.717, 1.165) is 88.6 Å². The first-order valence-corrected chi connectivity index (χ1v) is 16.0. The average molecular weight is 543 g/mol. The molecule has 1 saturated heterocycles. The van der Waals surface area contributed by atoms with Crippen LogP contribution in [-0.2, 0) is 4.74 Å². The molecule has 1 aromatic rings. The number of anilines is 3. The van der Waals surface area contributed by atoms with Gasteiger partial charge in [0.2, 0.25) is 5.95 Å². The van der Waals surface area contributed by atoms with E-state index in [0.29, 0.717) is 17.7 Å². The van der Waals surface area contributed by atoms with Crippen molar-refractivity contribution in [3.8, 4) is 0 Å². The summed E-state index contributed by atoms with van der Waals surface area (Å²) in [6, 6.07) is 2.73. The van der Waals surface area contributed by atoms with Crippen LogP contribution in [0.4, 0.5) is 17.6 Å². The molecule has 5 N–H and O–H groups in total. The zero-order valence-corrected chi connectivity index (χ0v) is 24.4. The van der Waals surface area contributed by atoms with Crippen LogP contribution >= 0.6 is 0 Å². The Morgan fingerprint density at radius 2 is 1.74 bits per heavy atom. The Kier molecular flexibility index (Phi) is 10.9. The molecule has 220 valence electrons. The second-order valence-electron chi connectivity index (χ2n) is 12.6. The highest BCUT2D eigenvalue weighted by atomic mass is 16.5. The SMILES string of the molecule is CCOCCN1CCN(c2cc(N)nc(NCC3CCC(CNCCCNC4C[C@@H]5CCC4C5)CC3)n2)CC1. The first-order valence-electron chi connectivity index (χ1n) is 16.0. The number of hydrogen-bond acceptors (Lipinski definition) is 9. The third kappa shape index (κ3) is 8.65. The van der Waals surface area contributed by atoms with Crippen molar-refractivity contribution in [3.63, 3.8) is 0 Å². The summed E-state index contributed by atoms with van der Waals surface area (Å²) >= 11 is 0. The maximum absolute atomic E-state index is 6.17. The molecule has 9 nitrogen and oxygen atoms in total. The van der Waals surface area contributed by atoms with Gasteiger partial charge in [-0.2, -0.15) is 9.97 Å². The smallest absolute Gasteiger partial charge is 0.226 e. The number of nitrogen functional groups attached to an aromatic ring is 1. The highest BCUT2D eigenvalue weighted by Crippen LogP contribution is 2.44. The number of nitrogens with two attached hydrogens (primary N) is 1. The molecular formula is C30H54N8O. The number of aromatic nitrogens is 2. The first-order chi connectivity index (χ1) is 19.2. The van der Waals surface area contributed by atoms with Crippen LogP contribution in [0.3, 0.4) is 0 Å². The molecule has 1 aromatic heterocycles. The molecule has 0 spiro atoms. The minimum atomic E-state index is 0.543. The second kappa shape index (κ2) is 14.8. The van der Waals surface area contributed by atoms with Gasteiger partial charge in [0, 0.05) is 58.0 Å². The first kappa shape index (κ1) is 28.8. The predicted octanol–water partition coefficient (Wildman–Crippen LogP) is 3.19. The van der Waals surface area contributed by atoms with Crippen molar-refractivity contribution in [2.45, 2.75) is 70.8 Å². The topological polar surface area (TPSA) is 104 Å². The summed E-state index contributed by atoms with van der Waals surface area (Å²) in [5.41, 5.74) is 6.17. The average Bonchev–Trinajstić information content (AvgIpc) is 3.58. The van der Waals surface area contributed by atoms with Crippen LogP contribution in [0.25, 0.3) is 0 Å². The third-order valence-corrected chi connectivity index (χ3v) is 9.81. The number of rotatable bonds is 15. The fourth-order valence-electron chi connectivity index (χ4n) is 7.41. The van der Waals surface area contributed by atoms with Gasteiger partial charge in [-0.05, 0) is 102 Å². The van der Waals surface area contributed by atoms with Crippen LogP contribution in [0.5, 0.6) is 0 Å². The highest BCUT2D eigenvalue weighted by Gasteiger charge is 2.38. The van der Waals surface area contributed by atoms with E-state index in [9.17, 15) is 0 Å². The van der Waals surface area contributed by atoms with Gasteiger partial charge in [-0.15, -0.1) is 0 Å². The fraction of sp³-hybridized carbons (Fsp3) is 0.867. The van der Waals surface area contributed by atoms with Crippen LogP contribution < -0.4 is 26.6 Å². The number of ether oxygens (including phenoxy) is 1. The number of fused-ring (bicyclic) bond motifs is 2. The van der Waals surface area contributed by atoms with Gasteiger partial charge in [0.1, 0.15) is 11.6 Å². The summed E-state index contributed by atoms with van der Waals surface area (Å²) in [4.78, 5) is 14.1. The molecule has 4 fully saturated rings. The lowest BCUT2D eigenvalue weighted by Gasteiger charge is -2.35. The van der Waals surface area contributed by atoms with E-state index >= 15 is 0 Å². The molecule has 0 amide bonds. The van der Waals surface area contributed by atoms with Gasteiger partial charge in [0.25, 0.3) is 0 Å². The maximum atomic E-state index is 6.17. The molecular weight excluding hydrogens is 488 g/mol. The molecule has 0 radical (unpaired) electrons. The van der Waals surface area contributed by atoms with E-state index in [-0.39, 0.29) is 0 Å². The molecule has 9 heteroatoms. The summed E-state index contributed by atoms with van der Waals surface area (Å²) < 4.78 is 5.51. The summed E-state index contributed by atoms with van der Waals surface area (Å²) in [6.45, 7) is 13.0. The van der Waals surface area contributed by atoms with E-state index in [4.69, 9.17) is 15.5 Å². The van der Waals surface area contributed by atoms with Crippen LogP contribution in [0.1, 0.15) is 64.7 Å². The van der Waals surface area contributed by atoms with Gasteiger partial charge in [-0.25, -0.2) is 0 Å². The molecule has 2 bridgehead atoms. The molecule has 1 aliphatic heterocycles. The summed E-state index contributed by atoms with van der Waals surface area (Å²) in [6.07, 6.45) is 12.3. The van der Waals surface area contributed by atoms with Crippen LogP contribution in [-0.4, -0.2) is 93.0 Å². The molecule has 0 aromatic carbocycles. The zero-order valence-electron chi connectivity index (χ0n) is 24.4. The Morgan fingerprint density at radius 3 is 2.46 bits per heavy atom. The summed E-state index contributed by atoms with van der Waals surface area (Å²) in [5, 5.41) is 11.1. The van der Waals surface area contributed by atoms with Crippen molar-refractivity contribution < 1.29 is 4.74 Å². The summed E-state index contributed by atoms with van der Waals surface area (Å²) in [5.74, 6) is 5.69. The van der Waals surface area contributed by atoms with Crippen LogP contribution in [0, 0.1) is 23.7 Å². The molecule has 4 aliphatic rings. The monoisotopic (exact) mass is 542 g/mol. The van der Waals surface area contributed by atoms with E-state index in [1.807, 2.05) is 13.0 Å². The lowest BCUT2D eigenvalue weighted by Crippen LogP contribution is -2.47. The lowest BCUT2D eigenvalue weighted by molar-refractivity contribution is 0.111. The molecule has 3 saturated carbocycles. The lowest BCUT2D eigenvalue weighted by atomic mass is 9.82. The Hall–Kier alpha value is -1.68. The Labute approximate surface area is 236 Å². The van der Waals surface area contributed by atoms with Crippen molar-refractivity contribution in [2.75, 3.05) is 88.1 Å². The number of nitrogens with zero attached hydrogens (tertiary/aromatic N) is 4. The zero-order chi connectivity index (χ0) is 26.9. The Bertz CT molecular complexity index is 855. The molecule has 2 unspecified atom stereocenters. The van der Waals surface area contributed by atoms with Crippen molar-refractivity contribution in [2.24, 2.45) is 23.7 Å². The number of nitrogens with one attached hydrogen (secondary N) is 3. The number of piperazine rings is 1. The van der Waals surface area contributed by atoms with E-state index in [1.165, 1.54) is 70.9 Å². The van der Waals surface area contributed by atoms with Gasteiger partial charge in [0.15, 0.2) is 0 Å². The van der Waals surface area contributed by atoms with Gasteiger partial charge in [0.05, 0.1) is 6.61 Å². The molecule has 2 heterocycles. The normalized spacial score (nSPS) is 29.3. The second-order valence-corrected chi connectivity index (χ2v) is 12.6. The highest BCUT2D eigenvalue weighted by molar-refractivity contribution is 5.51. The van der Waals surface area contributed by atoms with E-state index < -0.39 is 0 Å². The maximum Gasteiger partial charge on any atom is 0.226 e. The van der Waals surface area contributed by atoms with Gasteiger partial charge in [-0.3, -0.25) is 4.90 Å². The van der Waals surface area contributed by atoms with Gasteiger partial charge < -0.3 is 31.3 Å². The van der Waals surface area contributed by atoms with Crippen molar-refractivity contribution in [1.82, 2.24) is 25.5 Å². The van der Waals surface area contributed by atoms with E-state index in [2.05, 4.69) is 30.7 Å². The summed E-state index contributed by atoms with van der Waals surface area (Å²) in [7, 11) is 0. The fourth-order valence-corrected chi connectivity index (χ4v) is 7.41. The standard InChI is InChI=1S/C30H54N8O/c1-2-39-17-16-37-12-14-38(15-13-37)29-20-28(31)35-30(36-29)34-22-24-6-4-23(5-7-24)21-32-10-3-11-33-27-19-25-8-9-26(27)18-25/h20,23-27,32-33H,2-19,21-22H2,1H3,(H3,31,34,35,36)/t23?,24?,25-,26?,27?/m1/s1. The minimum absolute atomic E-state index is 0.543. The van der Waals surface area contributed by atoms with Crippen molar-refractivity contribution in [1.29, 1.82) is 0 Å². The van der Waals surface area contributed by atoms with Gasteiger partial charge in [-0.1, -0.05) is 6.42 Å². The molecule has 5 rings (SSSR count). The number of hydrogen-bond donors (Lipinski definition) is 4. The third-order valence-electron chi connectivity index (χ3n) is 9.81. The molecule has 39 heavy (non-hydrogen) atoms. The van der Waals surface area contributed by atoms with Gasteiger partial charge >= 0.3 is 0 Å². The predicted molar refractivity (Wildman–Crippen MR) is 160 cm³/mol.